The Balaban J connectivity index is 1.56. The fourth-order valence-corrected chi connectivity index (χ4v) is 4.34. The van der Waals surface area contributed by atoms with Gasteiger partial charge in [-0.15, -0.1) is 11.3 Å². The molecule has 2 aromatic heterocycles. The molecule has 9 nitrogen and oxygen atoms in total. The van der Waals surface area contributed by atoms with Crippen molar-refractivity contribution in [1.29, 1.82) is 0 Å². The van der Waals surface area contributed by atoms with Gasteiger partial charge in [0.2, 0.25) is 11.6 Å². The zero-order chi connectivity index (χ0) is 21.3. The molecule has 0 atom stereocenters. The van der Waals surface area contributed by atoms with Crippen LogP contribution in [-0.4, -0.2) is 46.1 Å². The minimum atomic E-state index is -0.436. The molecule has 0 radical (unpaired) electrons. The standard InChI is InChI=1S/C19H20ClN7O2S/c1-12-13(2)30-19(23-12)24-17-16(27(28)29)18(22-11-21-17)26-8-6-25(7-9-26)15-5-3-4-14(20)10-15/h3-5,10-11H,6-9H2,1-2H3,(H,21,22,23,24). The minimum absolute atomic E-state index is 0.140. The van der Waals surface area contributed by atoms with Crippen LogP contribution >= 0.6 is 22.9 Å². The van der Waals surface area contributed by atoms with E-state index < -0.39 is 4.92 Å². The zero-order valence-electron chi connectivity index (χ0n) is 16.5. The van der Waals surface area contributed by atoms with Crippen molar-refractivity contribution in [3.8, 4) is 0 Å². The van der Waals surface area contributed by atoms with Crippen LogP contribution in [0.4, 0.5) is 28.1 Å². The highest BCUT2D eigenvalue weighted by atomic mass is 35.5. The third kappa shape index (κ3) is 4.14. The van der Waals surface area contributed by atoms with Crippen LogP contribution in [0.3, 0.4) is 0 Å². The van der Waals surface area contributed by atoms with Crippen LogP contribution in [-0.2, 0) is 0 Å². The lowest BCUT2D eigenvalue weighted by molar-refractivity contribution is -0.383. The van der Waals surface area contributed by atoms with E-state index in [1.807, 2.05) is 43.0 Å². The number of halogens is 1. The first-order chi connectivity index (χ1) is 14.4. The Morgan fingerprint density at radius 3 is 2.53 bits per heavy atom. The van der Waals surface area contributed by atoms with Crippen LogP contribution in [0.1, 0.15) is 10.6 Å². The van der Waals surface area contributed by atoms with Crippen molar-refractivity contribution >= 4 is 51.1 Å². The van der Waals surface area contributed by atoms with Crippen LogP contribution in [0, 0.1) is 24.0 Å². The van der Waals surface area contributed by atoms with E-state index in [1.54, 1.807) is 0 Å². The molecule has 1 aromatic carbocycles. The van der Waals surface area contributed by atoms with E-state index in [9.17, 15) is 10.1 Å². The Bertz CT molecular complexity index is 1060. The lowest BCUT2D eigenvalue weighted by Crippen LogP contribution is -2.47. The van der Waals surface area contributed by atoms with Crippen molar-refractivity contribution in [2.24, 2.45) is 0 Å². The van der Waals surface area contributed by atoms with Gasteiger partial charge in [0, 0.05) is 41.8 Å². The number of nitrogens with zero attached hydrogens (tertiary/aromatic N) is 6. The summed E-state index contributed by atoms with van der Waals surface area (Å²) >= 11 is 7.53. The number of nitrogens with one attached hydrogen (secondary N) is 1. The SMILES string of the molecule is Cc1nc(Nc2ncnc(N3CCN(c4cccc(Cl)c4)CC3)c2[N+](=O)[O-])sc1C. The zero-order valence-corrected chi connectivity index (χ0v) is 18.1. The van der Waals surface area contributed by atoms with Crippen molar-refractivity contribution in [2.45, 2.75) is 13.8 Å². The van der Waals surface area contributed by atoms with Gasteiger partial charge in [0.1, 0.15) is 6.33 Å². The summed E-state index contributed by atoms with van der Waals surface area (Å²) in [6.45, 7) is 6.45. The minimum Gasteiger partial charge on any atom is -0.368 e. The molecule has 0 spiro atoms. The second-order valence-electron chi connectivity index (χ2n) is 6.89. The molecule has 0 aliphatic carbocycles. The molecule has 3 aromatic rings. The molecule has 11 heteroatoms. The fourth-order valence-electron chi connectivity index (χ4n) is 3.34. The number of aryl methyl sites for hydroxylation is 2. The van der Waals surface area contributed by atoms with E-state index >= 15 is 0 Å². The molecule has 0 bridgehead atoms. The topological polar surface area (TPSA) is 100 Å². The highest BCUT2D eigenvalue weighted by Gasteiger charge is 2.30. The predicted molar refractivity (Wildman–Crippen MR) is 119 cm³/mol. The van der Waals surface area contributed by atoms with Crippen molar-refractivity contribution in [2.75, 3.05) is 41.3 Å². The summed E-state index contributed by atoms with van der Waals surface area (Å²) in [6.07, 6.45) is 1.35. The quantitative estimate of drug-likeness (QED) is 0.461. The van der Waals surface area contributed by atoms with E-state index in [2.05, 4.69) is 25.2 Å². The van der Waals surface area contributed by atoms with Gasteiger partial charge in [-0.3, -0.25) is 10.1 Å². The second kappa shape index (κ2) is 8.41. The number of rotatable bonds is 5. The molecule has 1 N–H and O–H groups in total. The number of anilines is 4. The number of benzene rings is 1. The number of hydrogen-bond acceptors (Lipinski definition) is 9. The highest BCUT2D eigenvalue weighted by Crippen LogP contribution is 2.35. The van der Waals surface area contributed by atoms with Gasteiger partial charge in [-0.2, -0.15) is 0 Å². The first-order valence-electron chi connectivity index (χ1n) is 9.38. The lowest BCUT2D eigenvalue weighted by Gasteiger charge is -2.36. The van der Waals surface area contributed by atoms with Crippen molar-refractivity contribution in [3.05, 3.63) is 56.3 Å². The van der Waals surface area contributed by atoms with Crippen LogP contribution in [0.25, 0.3) is 0 Å². The molecule has 3 heterocycles. The summed E-state index contributed by atoms with van der Waals surface area (Å²) in [5.74, 6) is 0.462. The monoisotopic (exact) mass is 445 g/mol. The van der Waals surface area contributed by atoms with Crippen LogP contribution in [0.2, 0.25) is 5.02 Å². The lowest BCUT2D eigenvalue weighted by atomic mass is 10.2. The van der Waals surface area contributed by atoms with Gasteiger partial charge >= 0.3 is 5.69 Å². The van der Waals surface area contributed by atoms with Crippen molar-refractivity contribution in [1.82, 2.24) is 15.0 Å². The maximum absolute atomic E-state index is 11.9. The number of aromatic nitrogens is 3. The van der Waals surface area contributed by atoms with Crippen molar-refractivity contribution in [3.63, 3.8) is 0 Å². The van der Waals surface area contributed by atoms with Gasteiger partial charge in [-0.25, -0.2) is 15.0 Å². The van der Waals surface area contributed by atoms with E-state index in [0.717, 1.165) is 16.3 Å². The molecule has 1 saturated heterocycles. The molecule has 1 fully saturated rings. The summed E-state index contributed by atoms with van der Waals surface area (Å²) in [5, 5.41) is 16.1. The van der Waals surface area contributed by atoms with Crippen LogP contribution in [0.5, 0.6) is 0 Å². The largest absolute Gasteiger partial charge is 0.368 e. The maximum Gasteiger partial charge on any atom is 0.353 e. The first kappa shape index (κ1) is 20.3. The van der Waals surface area contributed by atoms with Crippen LogP contribution < -0.4 is 15.1 Å². The molecular formula is C19H20ClN7O2S. The van der Waals surface area contributed by atoms with Crippen LogP contribution in [0.15, 0.2) is 30.6 Å². The number of thiazole rings is 1. The third-order valence-electron chi connectivity index (χ3n) is 4.99. The normalized spacial score (nSPS) is 14.1. The Morgan fingerprint density at radius 2 is 1.90 bits per heavy atom. The van der Waals surface area contributed by atoms with Gasteiger partial charge in [0.05, 0.1) is 10.6 Å². The molecule has 156 valence electrons. The Labute approximate surface area is 182 Å². The fraction of sp³-hybridized carbons (Fsp3) is 0.316. The molecule has 1 aliphatic heterocycles. The number of hydrogen-bond donors (Lipinski definition) is 1. The average molecular weight is 446 g/mol. The number of nitro groups is 1. The second-order valence-corrected chi connectivity index (χ2v) is 8.53. The first-order valence-corrected chi connectivity index (χ1v) is 10.6. The molecule has 30 heavy (non-hydrogen) atoms. The summed E-state index contributed by atoms with van der Waals surface area (Å²) in [4.78, 5) is 29.4. The van der Waals surface area contributed by atoms with E-state index in [0.29, 0.717) is 42.2 Å². The number of piperazine rings is 1. The molecule has 0 amide bonds. The maximum atomic E-state index is 11.9. The smallest absolute Gasteiger partial charge is 0.353 e. The molecule has 1 aliphatic rings. The Morgan fingerprint density at radius 1 is 1.17 bits per heavy atom. The van der Waals surface area contributed by atoms with Gasteiger partial charge < -0.3 is 15.1 Å². The Kier molecular flexibility index (Phi) is 5.69. The predicted octanol–water partition coefficient (Wildman–Crippen LogP) is 4.18. The summed E-state index contributed by atoms with van der Waals surface area (Å²) in [6, 6.07) is 7.68. The molecule has 0 unspecified atom stereocenters. The molecule has 4 rings (SSSR count). The van der Waals surface area contributed by atoms with Gasteiger partial charge in [-0.1, -0.05) is 17.7 Å². The van der Waals surface area contributed by atoms with E-state index in [1.165, 1.54) is 17.7 Å². The van der Waals surface area contributed by atoms with Gasteiger partial charge in [-0.05, 0) is 32.0 Å². The average Bonchev–Trinajstić information content (AvgIpc) is 3.04. The highest BCUT2D eigenvalue weighted by molar-refractivity contribution is 7.15. The van der Waals surface area contributed by atoms with Gasteiger partial charge in [0.25, 0.3) is 0 Å². The third-order valence-corrected chi connectivity index (χ3v) is 6.22. The molecule has 0 saturated carbocycles. The van der Waals surface area contributed by atoms with Crippen molar-refractivity contribution < 1.29 is 4.92 Å². The van der Waals surface area contributed by atoms with E-state index in [4.69, 9.17) is 11.6 Å². The summed E-state index contributed by atoms with van der Waals surface area (Å²) < 4.78 is 0. The summed E-state index contributed by atoms with van der Waals surface area (Å²) in [5.41, 5.74) is 1.78. The Hall–Kier alpha value is -2.98. The van der Waals surface area contributed by atoms with Gasteiger partial charge in [0.15, 0.2) is 5.13 Å². The molecular weight excluding hydrogens is 426 g/mol. The van der Waals surface area contributed by atoms with E-state index in [-0.39, 0.29) is 11.5 Å². The summed E-state index contributed by atoms with van der Waals surface area (Å²) in [7, 11) is 0.